The number of carbonyl (C=O) groups is 1. The minimum absolute atomic E-state index is 0.363. The van der Waals surface area contributed by atoms with Crippen molar-refractivity contribution in [2.24, 2.45) is 5.10 Å². The quantitative estimate of drug-likeness (QED) is 0.502. The average Bonchev–Trinajstić information content (AvgIpc) is 2.73. The number of methoxy groups -OCH3 is 2. The van der Waals surface area contributed by atoms with Crippen LogP contribution in [0.1, 0.15) is 12.5 Å². The summed E-state index contributed by atoms with van der Waals surface area (Å²) in [5, 5.41) is 6.13. The van der Waals surface area contributed by atoms with Gasteiger partial charge in [-0.05, 0) is 35.9 Å². The molecule has 0 saturated carbocycles. The van der Waals surface area contributed by atoms with Gasteiger partial charge in [0.15, 0.2) is 6.10 Å². The molecule has 0 radical (unpaired) electrons. The smallest absolute Gasteiger partial charge is 0.280 e. The third-order valence-corrected chi connectivity index (χ3v) is 4.24. The first-order valence-corrected chi connectivity index (χ1v) is 8.81. The normalized spacial score (nSPS) is 12.0. The molecule has 3 rings (SSSR count). The first-order valence-electron chi connectivity index (χ1n) is 8.81. The fourth-order valence-corrected chi connectivity index (χ4v) is 2.77. The van der Waals surface area contributed by atoms with Gasteiger partial charge in [-0.1, -0.05) is 36.4 Å². The molecular formula is C22H22N2O4. The number of hydrogen-bond donors (Lipinski definition) is 1. The van der Waals surface area contributed by atoms with Gasteiger partial charge in [-0.15, -0.1) is 0 Å². The third kappa shape index (κ3) is 4.40. The Hall–Kier alpha value is -3.54. The van der Waals surface area contributed by atoms with Crippen LogP contribution < -0.4 is 19.6 Å². The summed E-state index contributed by atoms with van der Waals surface area (Å²) in [4.78, 5) is 12.3. The molecule has 144 valence electrons. The summed E-state index contributed by atoms with van der Waals surface area (Å²) >= 11 is 0. The van der Waals surface area contributed by atoms with Gasteiger partial charge < -0.3 is 14.2 Å². The van der Waals surface area contributed by atoms with Crippen LogP contribution in [0.3, 0.4) is 0 Å². The van der Waals surface area contributed by atoms with Crippen LogP contribution in [0, 0.1) is 0 Å². The van der Waals surface area contributed by atoms with E-state index >= 15 is 0 Å². The summed E-state index contributed by atoms with van der Waals surface area (Å²) in [6.45, 7) is 1.66. The number of benzene rings is 3. The summed E-state index contributed by atoms with van der Waals surface area (Å²) in [5.41, 5.74) is 3.31. The summed E-state index contributed by atoms with van der Waals surface area (Å²) in [5.74, 6) is 1.52. The van der Waals surface area contributed by atoms with E-state index < -0.39 is 6.10 Å². The number of carbonyl (C=O) groups excluding carboxylic acids is 1. The largest absolute Gasteiger partial charge is 0.497 e. The highest BCUT2D eigenvalue weighted by Gasteiger charge is 2.14. The van der Waals surface area contributed by atoms with Crippen molar-refractivity contribution in [1.82, 2.24) is 5.43 Å². The number of ether oxygens (including phenoxy) is 3. The summed E-state index contributed by atoms with van der Waals surface area (Å²) in [6, 6.07) is 18.8. The van der Waals surface area contributed by atoms with Crippen LogP contribution in [0.15, 0.2) is 65.8 Å². The number of nitrogens with one attached hydrogen (secondary N) is 1. The molecule has 0 aliphatic carbocycles. The summed E-state index contributed by atoms with van der Waals surface area (Å²) in [7, 11) is 3.18. The fourth-order valence-electron chi connectivity index (χ4n) is 2.77. The molecule has 0 aliphatic heterocycles. The minimum Gasteiger partial charge on any atom is -0.497 e. The van der Waals surface area contributed by atoms with Crippen molar-refractivity contribution in [2.75, 3.05) is 14.2 Å². The molecule has 6 nitrogen and oxygen atoms in total. The molecule has 0 saturated heterocycles. The van der Waals surface area contributed by atoms with E-state index in [9.17, 15) is 4.79 Å². The Morgan fingerprint density at radius 3 is 2.57 bits per heavy atom. The van der Waals surface area contributed by atoms with E-state index in [4.69, 9.17) is 14.2 Å². The summed E-state index contributed by atoms with van der Waals surface area (Å²) < 4.78 is 16.2. The average molecular weight is 378 g/mol. The molecule has 0 heterocycles. The Kier molecular flexibility index (Phi) is 6.11. The van der Waals surface area contributed by atoms with Gasteiger partial charge in [0, 0.05) is 11.6 Å². The van der Waals surface area contributed by atoms with E-state index in [0.717, 1.165) is 16.3 Å². The van der Waals surface area contributed by atoms with Gasteiger partial charge in [-0.2, -0.15) is 5.10 Å². The van der Waals surface area contributed by atoms with Gasteiger partial charge >= 0.3 is 0 Å². The predicted molar refractivity (Wildman–Crippen MR) is 109 cm³/mol. The van der Waals surface area contributed by atoms with Gasteiger partial charge in [0.2, 0.25) is 0 Å². The van der Waals surface area contributed by atoms with Crippen molar-refractivity contribution >= 4 is 22.9 Å². The molecule has 0 fully saturated rings. The highest BCUT2D eigenvalue weighted by Crippen LogP contribution is 2.26. The van der Waals surface area contributed by atoms with E-state index in [2.05, 4.69) is 10.5 Å². The highest BCUT2D eigenvalue weighted by atomic mass is 16.5. The second-order valence-corrected chi connectivity index (χ2v) is 6.08. The molecule has 0 aromatic heterocycles. The maximum atomic E-state index is 12.3. The van der Waals surface area contributed by atoms with Crippen molar-refractivity contribution in [3.63, 3.8) is 0 Å². The molecule has 0 spiro atoms. The first-order chi connectivity index (χ1) is 13.6. The number of nitrogens with zero attached hydrogens (tertiary/aromatic N) is 1. The van der Waals surface area contributed by atoms with Gasteiger partial charge in [0.25, 0.3) is 5.91 Å². The van der Waals surface area contributed by atoms with Crippen molar-refractivity contribution < 1.29 is 19.0 Å². The van der Waals surface area contributed by atoms with Crippen molar-refractivity contribution in [1.29, 1.82) is 0 Å². The number of fused-ring (bicyclic) bond motifs is 1. The van der Waals surface area contributed by atoms with Crippen molar-refractivity contribution in [3.8, 4) is 17.2 Å². The molecule has 0 aliphatic rings. The Morgan fingerprint density at radius 2 is 1.79 bits per heavy atom. The second kappa shape index (κ2) is 8.90. The van der Waals surface area contributed by atoms with Crippen molar-refractivity contribution in [3.05, 3.63) is 66.2 Å². The molecular weight excluding hydrogens is 356 g/mol. The monoisotopic (exact) mass is 378 g/mol. The lowest BCUT2D eigenvalue weighted by molar-refractivity contribution is -0.127. The zero-order valence-corrected chi connectivity index (χ0v) is 16.0. The fraction of sp³-hybridized carbons (Fsp3) is 0.182. The zero-order valence-electron chi connectivity index (χ0n) is 16.0. The van der Waals surface area contributed by atoms with E-state index in [1.54, 1.807) is 51.6 Å². The zero-order chi connectivity index (χ0) is 19.9. The number of amides is 1. The van der Waals surface area contributed by atoms with Crippen LogP contribution >= 0.6 is 0 Å². The second-order valence-electron chi connectivity index (χ2n) is 6.08. The minimum atomic E-state index is -0.723. The van der Waals surface area contributed by atoms with E-state index in [-0.39, 0.29) is 5.91 Å². The van der Waals surface area contributed by atoms with E-state index in [0.29, 0.717) is 17.2 Å². The molecule has 0 bridgehead atoms. The molecule has 3 aromatic carbocycles. The molecule has 1 atom stereocenters. The van der Waals surface area contributed by atoms with Crippen LogP contribution in [0.2, 0.25) is 0 Å². The number of hydrogen-bond acceptors (Lipinski definition) is 5. The van der Waals surface area contributed by atoms with Gasteiger partial charge in [0.05, 0.1) is 20.4 Å². The lowest BCUT2D eigenvalue weighted by Gasteiger charge is -2.13. The topological polar surface area (TPSA) is 69.2 Å². The molecule has 1 amide bonds. The first kappa shape index (κ1) is 19.2. The van der Waals surface area contributed by atoms with E-state index in [1.807, 2.05) is 36.4 Å². The highest BCUT2D eigenvalue weighted by molar-refractivity contribution is 6.02. The SMILES string of the molecule is COc1cccc(OC(C)C(=O)N/N=C/c2c(OC)ccc3ccccc23)c1. The van der Waals surface area contributed by atoms with Gasteiger partial charge in [0.1, 0.15) is 17.2 Å². The van der Waals surface area contributed by atoms with Crippen LogP contribution in [0.5, 0.6) is 17.2 Å². The van der Waals surface area contributed by atoms with Crippen LogP contribution in [-0.2, 0) is 4.79 Å². The Balaban J connectivity index is 1.70. The number of rotatable bonds is 7. The lowest BCUT2D eigenvalue weighted by Crippen LogP contribution is -2.33. The molecule has 1 unspecified atom stereocenters. The molecule has 28 heavy (non-hydrogen) atoms. The molecule has 1 N–H and O–H groups in total. The molecule has 6 heteroatoms. The maximum Gasteiger partial charge on any atom is 0.280 e. The lowest BCUT2D eigenvalue weighted by atomic mass is 10.0. The van der Waals surface area contributed by atoms with Crippen LogP contribution in [-0.4, -0.2) is 32.4 Å². The standard InChI is InChI=1S/C22H22N2O4/c1-15(28-18-9-6-8-17(13-18)26-2)22(25)24-23-14-20-19-10-5-4-7-16(19)11-12-21(20)27-3/h4-15H,1-3H3,(H,24,25)/b23-14+. The van der Waals surface area contributed by atoms with Crippen molar-refractivity contribution in [2.45, 2.75) is 13.0 Å². The number of hydrazone groups is 1. The third-order valence-electron chi connectivity index (χ3n) is 4.24. The van der Waals surface area contributed by atoms with Gasteiger partial charge in [-0.3, -0.25) is 4.79 Å². The van der Waals surface area contributed by atoms with Crippen LogP contribution in [0.25, 0.3) is 10.8 Å². The van der Waals surface area contributed by atoms with Gasteiger partial charge in [-0.25, -0.2) is 5.43 Å². The molecule has 3 aromatic rings. The Morgan fingerprint density at radius 1 is 1.00 bits per heavy atom. The Labute approximate surface area is 163 Å². The van der Waals surface area contributed by atoms with E-state index in [1.165, 1.54) is 0 Å². The summed E-state index contributed by atoms with van der Waals surface area (Å²) in [6.07, 6.45) is 0.857. The predicted octanol–water partition coefficient (Wildman–Crippen LogP) is 3.77. The van der Waals surface area contributed by atoms with Crippen LogP contribution in [0.4, 0.5) is 0 Å². The maximum absolute atomic E-state index is 12.3. The Bertz CT molecular complexity index is 1000.